The summed E-state index contributed by atoms with van der Waals surface area (Å²) < 4.78 is 22.3. The molecule has 0 amide bonds. The van der Waals surface area contributed by atoms with Crippen LogP contribution in [0, 0.1) is 0 Å². The first-order valence-corrected chi connectivity index (χ1v) is 6.51. The van der Waals surface area contributed by atoms with E-state index in [0.717, 1.165) is 5.56 Å². The van der Waals surface area contributed by atoms with Crippen LogP contribution in [0.3, 0.4) is 0 Å². The molecule has 15 heavy (non-hydrogen) atoms. The zero-order valence-electron chi connectivity index (χ0n) is 8.55. The molecule has 2 atom stereocenters. The Labute approximate surface area is 89.2 Å². The van der Waals surface area contributed by atoms with Crippen LogP contribution in [0.2, 0.25) is 0 Å². The van der Waals surface area contributed by atoms with Crippen LogP contribution in [0.25, 0.3) is 0 Å². The minimum atomic E-state index is -3.04. The SMILES string of the molecule is CCOP1(=O)NCC(c2ccccc2)O1. The van der Waals surface area contributed by atoms with Crippen LogP contribution >= 0.6 is 7.75 Å². The van der Waals surface area contributed by atoms with E-state index < -0.39 is 7.75 Å². The Morgan fingerprint density at radius 3 is 2.93 bits per heavy atom. The lowest BCUT2D eigenvalue weighted by Crippen LogP contribution is -2.07. The standard InChI is InChI=1S/C10H14NO3P/c1-2-13-15(12)11-8-10(14-15)9-6-4-3-5-7-9/h3-7,10H,2,8H2,1H3,(H,11,12). The number of hydrogen-bond acceptors (Lipinski definition) is 3. The molecule has 1 aliphatic rings. The molecule has 0 saturated carbocycles. The van der Waals surface area contributed by atoms with Crippen molar-refractivity contribution in [2.45, 2.75) is 13.0 Å². The first-order chi connectivity index (χ1) is 7.23. The van der Waals surface area contributed by atoms with Crippen LogP contribution in [0.15, 0.2) is 30.3 Å². The lowest BCUT2D eigenvalue weighted by atomic mass is 10.1. The van der Waals surface area contributed by atoms with Crippen molar-refractivity contribution >= 4 is 7.75 Å². The average molecular weight is 227 g/mol. The summed E-state index contributed by atoms with van der Waals surface area (Å²) in [6.45, 7) is 2.70. The highest BCUT2D eigenvalue weighted by Gasteiger charge is 2.36. The van der Waals surface area contributed by atoms with Gasteiger partial charge in [0.05, 0.1) is 6.61 Å². The Bertz CT molecular complexity index is 368. The van der Waals surface area contributed by atoms with Gasteiger partial charge < -0.3 is 0 Å². The van der Waals surface area contributed by atoms with Gasteiger partial charge in [0.15, 0.2) is 0 Å². The predicted octanol–water partition coefficient (Wildman–Crippen LogP) is 2.49. The molecule has 1 saturated heterocycles. The van der Waals surface area contributed by atoms with Crippen LogP contribution < -0.4 is 5.09 Å². The van der Waals surface area contributed by atoms with Crippen molar-refractivity contribution < 1.29 is 13.6 Å². The van der Waals surface area contributed by atoms with E-state index in [1.807, 2.05) is 30.3 Å². The summed E-state index contributed by atoms with van der Waals surface area (Å²) in [6, 6.07) is 9.71. The third-order valence-corrected chi connectivity index (χ3v) is 3.91. The molecule has 1 N–H and O–H groups in total. The molecule has 0 radical (unpaired) electrons. The van der Waals surface area contributed by atoms with Gasteiger partial charge in [-0.25, -0.2) is 9.65 Å². The van der Waals surface area contributed by atoms with E-state index in [-0.39, 0.29) is 6.10 Å². The number of rotatable bonds is 3. The van der Waals surface area contributed by atoms with Crippen molar-refractivity contribution in [3.05, 3.63) is 35.9 Å². The highest BCUT2D eigenvalue weighted by atomic mass is 31.2. The normalized spacial score (nSPS) is 30.6. The van der Waals surface area contributed by atoms with Gasteiger partial charge in [-0.15, -0.1) is 0 Å². The smallest absolute Gasteiger partial charge is 0.297 e. The number of hydrogen-bond donors (Lipinski definition) is 1. The second-order valence-electron chi connectivity index (χ2n) is 3.28. The predicted molar refractivity (Wildman–Crippen MR) is 57.5 cm³/mol. The van der Waals surface area contributed by atoms with Gasteiger partial charge in [0, 0.05) is 6.54 Å². The van der Waals surface area contributed by atoms with Crippen molar-refractivity contribution in [1.82, 2.24) is 5.09 Å². The molecule has 1 aromatic carbocycles. The number of benzene rings is 1. The molecule has 2 rings (SSSR count). The average Bonchev–Trinajstić information content (AvgIpc) is 2.63. The van der Waals surface area contributed by atoms with Crippen molar-refractivity contribution in [2.75, 3.05) is 13.2 Å². The highest BCUT2D eigenvalue weighted by Crippen LogP contribution is 2.52. The summed E-state index contributed by atoms with van der Waals surface area (Å²) in [7, 11) is -3.04. The maximum atomic E-state index is 11.8. The summed E-state index contributed by atoms with van der Waals surface area (Å²) in [5.41, 5.74) is 1.02. The van der Waals surface area contributed by atoms with E-state index in [9.17, 15) is 4.57 Å². The molecule has 0 spiro atoms. The van der Waals surface area contributed by atoms with Gasteiger partial charge in [-0.05, 0) is 12.5 Å². The molecule has 1 heterocycles. The molecular formula is C10H14NO3P. The Morgan fingerprint density at radius 2 is 2.27 bits per heavy atom. The first-order valence-electron chi connectivity index (χ1n) is 4.96. The minimum Gasteiger partial charge on any atom is -0.297 e. The zero-order valence-corrected chi connectivity index (χ0v) is 9.44. The molecular weight excluding hydrogens is 213 g/mol. The second-order valence-corrected chi connectivity index (χ2v) is 5.06. The van der Waals surface area contributed by atoms with Crippen LogP contribution in [-0.4, -0.2) is 13.2 Å². The van der Waals surface area contributed by atoms with E-state index in [4.69, 9.17) is 9.05 Å². The molecule has 4 nitrogen and oxygen atoms in total. The molecule has 1 aliphatic heterocycles. The molecule has 0 aliphatic carbocycles. The van der Waals surface area contributed by atoms with E-state index in [2.05, 4.69) is 5.09 Å². The maximum Gasteiger partial charge on any atom is 0.406 e. The van der Waals surface area contributed by atoms with Crippen molar-refractivity contribution in [2.24, 2.45) is 0 Å². The Balaban J connectivity index is 2.08. The van der Waals surface area contributed by atoms with E-state index in [0.29, 0.717) is 13.2 Å². The first kappa shape index (κ1) is 10.8. The Hall–Kier alpha value is -0.670. The quantitative estimate of drug-likeness (QED) is 0.806. The zero-order chi connectivity index (χ0) is 10.7. The molecule has 1 fully saturated rings. The fourth-order valence-electron chi connectivity index (χ4n) is 1.53. The van der Waals surface area contributed by atoms with Crippen LogP contribution in [-0.2, 0) is 13.6 Å². The molecule has 82 valence electrons. The highest BCUT2D eigenvalue weighted by molar-refractivity contribution is 7.51. The molecule has 5 heteroatoms. The van der Waals surface area contributed by atoms with Crippen molar-refractivity contribution in [3.63, 3.8) is 0 Å². The maximum absolute atomic E-state index is 11.8. The lowest BCUT2D eigenvalue weighted by molar-refractivity contribution is 0.187. The summed E-state index contributed by atoms with van der Waals surface area (Å²) in [5.74, 6) is 0. The fraction of sp³-hybridized carbons (Fsp3) is 0.400. The van der Waals surface area contributed by atoms with Gasteiger partial charge in [0.2, 0.25) is 0 Å². The Kier molecular flexibility index (Phi) is 3.22. The van der Waals surface area contributed by atoms with Crippen molar-refractivity contribution in [1.29, 1.82) is 0 Å². The summed E-state index contributed by atoms with van der Waals surface area (Å²) in [5, 5.41) is 2.79. The summed E-state index contributed by atoms with van der Waals surface area (Å²) in [4.78, 5) is 0. The van der Waals surface area contributed by atoms with E-state index >= 15 is 0 Å². The lowest BCUT2D eigenvalue weighted by Gasteiger charge is -2.11. The van der Waals surface area contributed by atoms with Gasteiger partial charge in [-0.2, -0.15) is 0 Å². The largest absolute Gasteiger partial charge is 0.406 e. The fourth-order valence-corrected chi connectivity index (χ4v) is 3.02. The topological polar surface area (TPSA) is 47.6 Å². The van der Waals surface area contributed by atoms with Crippen LogP contribution in [0.1, 0.15) is 18.6 Å². The summed E-state index contributed by atoms with van der Waals surface area (Å²) >= 11 is 0. The third-order valence-electron chi connectivity index (χ3n) is 2.21. The van der Waals surface area contributed by atoms with Crippen molar-refractivity contribution in [3.8, 4) is 0 Å². The molecule has 0 bridgehead atoms. The molecule has 2 unspecified atom stereocenters. The van der Waals surface area contributed by atoms with Crippen LogP contribution in [0.4, 0.5) is 0 Å². The summed E-state index contributed by atoms with van der Waals surface area (Å²) in [6.07, 6.45) is -0.177. The second kappa shape index (κ2) is 4.45. The minimum absolute atomic E-state index is 0.177. The molecule has 0 aromatic heterocycles. The van der Waals surface area contributed by atoms with Gasteiger partial charge in [-0.1, -0.05) is 30.3 Å². The van der Waals surface area contributed by atoms with Crippen LogP contribution in [0.5, 0.6) is 0 Å². The van der Waals surface area contributed by atoms with Gasteiger partial charge in [-0.3, -0.25) is 9.05 Å². The van der Waals surface area contributed by atoms with Gasteiger partial charge >= 0.3 is 7.75 Å². The van der Waals surface area contributed by atoms with E-state index in [1.165, 1.54) is 0 Å². The van der Waals surface area contributed by atoms with Gasteiger partial charge in [0.1, 0.15) is 6.10 Å². The third kappa shape index (κ3) is 2.47. The van der Waals surface area contributed by atoms with E-state index in [1.54, 1.807) is 6.92 Å². The van der Waals surface area contributed by atoms with Gasteiger partial charge in [0.25, 0.3) is 0 Å². The monoisotopic (exact) mass is 227 g/mol. The number of nitrogens with one attached hydrogen (secondary N) is 1. The molecule has 1 aromatic rings. The Morgan fingerprint density at radius 1 is 1.53 bits per heavy atom.